The van der Waals surface area contributed by atoms with Gasteiger partial charge < -0.3 is 16.5 Å². The van der Waals surface area contributed by atoms with Crippen molar-refractivity contribution in [2.45, 2.75) is 0 Å². The highest BCUT2D eigenvalue weighted by Gasteiger charge is 2.05. The van der Waals surface area contributed by atoms with Gasteiger partial charge in [0, 0.05) is 17.3 Å². The first kappa shape index (κ1) is 15.1. The number of nitrogens with zero attached hydrogens (tertiary/aromatic N) is 2. The summed E-state index contributed by atoms with van der Waals surface area (Å²) in [5.41, 5.74) is 14.6. The van der Waals surface area contributed by atoms with Crippen LogP contribution in [0.25, 0.3) is 22.4 Å². The Hall–Kier alpha value is -1.98. The van der Waals surface area contributed by atoms with Crippen molar-refractivity contribution in [3.05, 3.63) is 36.5 Å². The minimum absolute atomic E-state index is 0. The van der Waals surface area contributed by atoms with Gasteiger partial charge >= 0.3 is 0 Å². The molecule has 5 N–H and O–H groups in total. The van der Waals surface area contributed by atoms with Gasteiger partial charge in [0.15, 0.2) is 0 Å². The van der Waals surface area contributed by atoms with Gasteiger partial charge in [0.05, 0.1) is 17.2 Å². The lowest BCUT2D eigenvalue weighted by Gasteiger charge is -1.96. The van der Waals surface area contributed by atoms with Gasteiger partial charge in [-0.05, 0) is 24.3 Å². The van der Waals surface area contributed by atoms with Crippen molar-refractivity contribution in [2.75, 3.05) is 11.5 Å². The molecule has 0 aliphatic carbocycles. The van der Waals surface area contributed by atoms with Crippen LogP contribution in [0.5, 0.6) is 0 Å². The number of hydrogen-bond donors (Lipinski definition) is 3. The summed E-state index contributed by atoms with van der Waals surface area (Å²) in [7, 11) is 0. The number of benzene rings is 1. The predicted octanol–water partition coefficient (Wildman–Crippen LogP) is 2.63. The average Bonchev–Trinajstić information content (AvgIpc) is 2.72. The molecular weight excluding hydrogens is 285 g/mol. The first-order valence-corrected chi connectivity index (χ1v) is 5.19. The van der Waals surface area contributed by atoms with E-state index in [1.807, 2.05) is 24.3 Å². The number of pyridine rings is 1. The molecule has 0 saturated carbocycles. The van der Waals surface area contributed by atoms with E-state index in [0.29, 0.717) is 5.82 Å². The molecular formula is C12H13Cl2N5. The number of hydrogen-bond acceptors (Lipinski definition) is 4. The van der Waals surface area contributed by atoms with Gasteiger partial charge in [0.2, 0.25) is 0 Å². The highest BCUT2D eigenvalue weighted by atomic mass is 35.5. The highest BCUT2D eigenvalue weighted by molar-refractivity contribution is 5.85. The number of nitrogens with two attached hydrogens (primary N) is 2. The fraction of sp³-hybridized carbons (Fsp3) is 0. The van der Waals surface area contributed by atoms with Gasteiger partial charge in [-0.15, -0.1) is 24.8 Å². The number of fused-ring (bicyclic) bond motifs is 1. The molecule has 3 aromatic rings. The van der Waals surface area contributed by atoms with E-state index >= 15 is 0 Å². The van der Waals surface area contributed by atoms with Crippen molar-refractivity contribution in [3.63, 3.8) is 0 Å². The molecule has 0 unspecified atom stereocenters. The normalized spacial score (nSPS) is 9.68. The summed E-state index contributed by atoms with van der Waals surface area (Å²) in [5, 5.41) is 0. The van der Waals surface area contributed by atoms with E-state index in [-0.39, 0.29) is 24.8 Å². The Morgan fingerprint density at radius 2 is 1.68 bits per heavy atom. The Kier molecular flexibility index (Phi) is 4.58. The Morgan fingerprint density at radius 1 is 1.00 bits per heavy atom. The highest BCUT2D eigenvalue weighted by Crippen LogP contribution is 2.21. The summed E-state index contributed by atoms with van der Waals surface area (Å²) in [6.45, 7) is 0. The summed E-state index contributed by atoms with van der Waals surface area (Å²) in [4.78, 5) is 11.7. The Labute approximate surface area is 122 Å². The second kappa shape index (κ2) is 5.77. The predicted molar refractivity (Wildman–Crippen MR) is 82.6 cm³/mol. The summed E-state index contributed by atoms with van der Waals surface area (Å²) >= 11 is 0. The number of rotatable bonds is 1. The number of imidazole rings is 1. The van der Waals surface area contributed by atoms with Gasteiger partial charge in [0.25, 0.3) is 0 Å². The summed E-state index contributed by atoms with van der Waals surface area (Å²) < 4.78 is 0. The van der Waals surface area contributed by atoms with Crippen molar-refractivity contribution in [2.24, 2.45) is 0 Å². The molecule has 2 aromatic heterocycles. The van der Waals surface area contributed by atoms with Crippen LogP contribution in [0, 0.1) is 0 Å². The zero-order chi connectivity index (χ0) is 11.8. The van der Waals surface area contributed by atoms with Crippen molar-refractivity contribution in [1.82, 2.24) is 15.0 Å². The molecule has 0 aliphatic rings. The van der Waals surface area contributed by atoms with E-state index in [0.717, 1.165) is 28.1 Å². The lowest BCUT2D eigenvalue weighted by atomic mass is 10.2. The average molecular weight is 298 g/mol. The maximum absolute atomic E-state index is 5.64. The molecule has 19 heavy (non-hydrogen) atoms. The first-order chi connectivity index (χ1) is 8.22. The molecule has 1 aromatic carbocycles. The molecule has 3 rings (SSSR count). The SMILES string of the molecule is Cl.Cl.Nc1ccc(-c2nc3cc(N)ncc3[nH]2)cc1. The number of aromatic nitrogens is 3. The molecule has 2 heterocycles. The molecule has 0 saturated heterocycles. The standard InChI is InChI=1S/C12H11N5.2ClH/c13-8-3-1-7(2-4-8)12-16-9-5-11(14)15-6-10(9)17-12;;/h1-6H,13H2,(H2,14,15)(H,16,17);2*1H. The third kappa shape index (κ3) is 2.89. The Morgan fingerprint density at radius 3 is 2.37 bits per heavy atom. The van der Waals surface area contributed by atoms with E-state index in [1.54, 1.807) is 12.3 Å². The molecule has 5 nitrogen and oxygen atoms in total. The van der Waals surface area contributed by atoms with Gasteiger partial charge in [-0.1, -0.05) is 0 Å². The van der Waals surface area contributed by atoms with Crippen LogP contribution in [0.4, 0.5) is 11.5 Å². The van der Waals surface area contributed by atoms with Crippen molar-refractivity contribution >= 4 is 47.4 Å². The van der Waals surface area contributed by atoms with Gasteiger partial charge in [-0.25, -0.2) is 9.97 Å². The fourth-order valence-corrected chi connectivity index (χ4v) is 1.70. The molecule has 0 aliphatic heterocycles. The maximum atomic E-state index is 5.64. The molecule has 0 radical (unpaired) electrons. The zero-order valence-corrected chi connectivity index (χ0v) is 11.5. The topological polar surface area (TPSA) is 93.6 Å². The number of nitrogen functional groups attached to an aromatic ring is 2. The Bertz CT molecular complexity index is 678. The van der Waals surface area contributed by atoms with Crippen molar-refractivity contribution < 1.29 is 0 Å². The van der Waals surface area contributed by atoms with Crippen molar-refractivity contribution in [3.8, 4) is 11.4 Å². The van der Waals surface area contributed by atoms with Crippen LogP contribution in [0.2, 0.25) is 0 Å². The lowest BCUT2D eigenvalue weighted by Crippen LogP contribution is -1.87. The molecule has 0 bridgehead atoms. The number of aromatic amines is 1. The van der Waals surface area contributed by atoms with Crippen LogP contribution in [0.15, 0.2) is 36.5 Å². The number of anilines is 2. The molecule has 0 atom stereocenters. The van der Waals surface area contributed by atoms with E-state index in [1.165, 1.54) is 0 Å². The van der Waals surface area contributed by atoms with Crippen LogP contribution in [0.1, 0.15) is 0 Å². The Balaban J connectivity index is 0.000000902. The van der Waals surface area contributed by atoms with Crippen LogP contribution in [-0.4, -0.2) is 15.0 Å². The summed E-state index contributed by atoms with van der Waals surface area (Å²) in [5.74, 6) is 1.25. The van der Waals surface area contributed by atoms with Gasteiger partial charge in [0.1, 0.15) is 11.6 Å². The zero-order valence-electron chi connectivity index (χ0n) is 9.83. The number of halogens is 2. The van der Waals surface area contributed by atoms with E-state index in [9.17, 15) is 0 Å². The first-order valence-electron chi connectivity index (χ1n) is 5.19. The molecule has 0 fully saturated rings. The monoisotopic (exact) mass is 297 g/mol. The summed E-state index contributed by atoms with van der Waals surface area (Å²) in [6.07, 6.45) is 1.68. The molecule has 0 spiro atoms. The van der Waals surface area contributed by atoms with Crippen LogP contribution in [-0.2, 0) is 0 Å². The molecule has 7 heteroatoms. The number of nitrogens with one attached hydrogen (secondary N) is 1. The maximum Gasteiger partial charge on any atom is 0.138 e. The van der Waals surface area contributed by atoms with Crippen molar-refractivity contribution in [1.29, 1.82) is 0 Å². The minimum atomic E-state index is 0. The second-order valence-corrected chi connectivity index (χ2v) is 3.83. The van der Waals surface area contributed by atoms with Gasteiger partial charge in [-0.3, -0.25) is 0 Å². The smallest absolute Gasteiger partial charge is 0.138 e. The molecule has 0 amide bonds. The minimum Gasteiger partial charge on any atom is -0.399 e. The number of H-pyrrole nitrogens is 1. The van der Waals surface area contributed by atoms with E-state index in [2.05, 4.69) is 15.0 Å². The lowest BCUT2D eigenvalue weighted by molar-refractivity contribution is 1.33. The summed E-state index contributed by atoms with van der Waals surface area (Å²) in [6, 6.07) is 9.27. The quantitative estimate of drug-likeness (QED) is 0.602. The van der Waals surface area contributed by atoms with E-state index in [4.69, 9.17) is 11.5 Å². The van der Waals surface area contributed by atoms with Crippen LogP contribution in [0.3, 0.4) is 0 Å². The van der Waals surface area contributed by atoms with Gasteiger partial charge in [-0.2, -0.15) is 0 Å². The third-order valence-corrected chi connectivity index (χ3v) is 2.57. The van der Waals surface area contributed by atoms with Crippen LogP contribution < -0.4 is 11.5 Å². The second-order valence-electron chi connectivity index (χ2n) is 3.83. The van der Waals surface area contributed by atoms with E-state index < -0.39 is 0 Å². The molecule has 100 valence electrons. The van der Waals surface area contributed by atoms with Crippen LogP contribution >= 0.6 is 24.8 Å². The fourth-order valence-electron chi connectivity index (χ4n) is 1.70. The largest absolute Gasteiger partial charge is 0.399 e. The third-order valence-electron chi connectivity index (χ3n) is 2.57.